The molecule has 0 aromatic carbocycles. The maximum Gasteiger partial charge on any atom is 0.500 e. The van der Waals surface area contributed by atoms with Crippen LogP contribution in [-0.4, -0.2) is 42.1 Å². The van der Waals surface area contributed by atoms with Gasteiger partial charge in [0.15, 0.2) is 5.92 Å². The van der Waals surface area contributed by atoms with Crippen LogP contribution in [0.4, 0.5) is 0 Å². The third-order valence-corrected chi connectivity index (χ3v) is 5.51. The van der Waals surface area contributed by atoms with Gasteiger partial charge < -0.3 is 18.0 Å². The lowest BCUT2D eigenvalue weighted by Gasteiger charge is -2.26. The van der Waals surface area contributed by atoms with Crippen LogP contribution in [0, 0.1) is 5.92 Å². The number of cyclic esters (lactones) is 2. The summed E-state index contributed by atoms with van der Waals surface area (Å²) in [5, 5.41) is 0. The van der Waals surface area contributed by atoms with Gasteiger partial charge in [0.2, 0.25) is 0 Å². The summed E-state index contributed by atoms with van der Waals surface area (Å²) in [6.45, 7) is 0. The number of ether oxygens (including phenoxy) is 1. The quantitative estimate of drug-likeness (QED) is 0.368. The fraction of sp³-hybridized carbons (Fsp3) is 0.778. The molecular formula is C9H16O6Si. The van der Waals surface area contributed by atoms with E-state index < -0.39 is 26.7 Å². The van der Waals surface area contributed by atoms with E-state index in [4.69, 9.17) is 13.3 Å². The van der Waals surface area contributed by atoms with Crippen molar-refractivity contribution < 1.29 is 27.6 Å². The third kappa shape index (κ3) is 2.67. The maximum atomic E-state index is 10.9. The highest BCUT2D eigenvalue weighted by molar-refractivity contribution is 6.60. The summed E-state index contributed by atoms with van der Waals surface area (Å²) in [4.78, 5) is 21.8. The van der Waals surface area contributed by atoms with Crippen LogP contribution < -0.4 is 0 Å². The van der Waals surface area contributed by atoms with E-state index in [1.807, 2.05) is 0 Å². The van der Waals surface area contributed by atoms with Crippen molar-refractivity contribution in [3.63, 3.8) is 0 Å². The van der Waals surface area contributed by atoms with Gasteiger partial charge >= 0.3 is 20.7 Å². The van der Waals surface area contributed by atoms with Gasteiger partial charge in [-0.3, -0.25) is 9.59 Å². The highest BCUT2D eigenvalue weighted by atomic mass is 28.4. The van der Waals surface area contributed by atoms with Crippen molar-refractivity contribution in [1.82, 2.24) is 0 Å². The van der Waals surface area contributed by atoms with Crippen molar-refractivity contribution in [3.05, 3.63) is 0 Å². The number of carbonyl (C=O) groups excluding carboxylic acids is 2. The van der Waals surface area contributed by atoms with E-state index in [1.165, 1.54) is 21.3 Å². The molecule has 0 aromatic rings. The van der Waals surface area contributed by atoms with Crippen LogP contribution >= 0.6 is 0 Å². The zero-order chi connectivity index (χ0) is 12.2. The highest BCUT2D eigenvalue weighted by Crippen LogP contribution is 2.24. The van der Waals surface area contributed by atoms with Gasteiger partial charge in [0.1, 0.15) is 0 Å². The molecule has 0 spiro atoms. The molecule has 92 valence electrons. The first-order chi connectivity index (χ1) is 7.58. The van der Waals surface area contributed by atoms with Crippen molar-refractivity contribution in [2.75, 3.05) is 21.3 Å². The summed E-state index contributed by atoms with van der Waals surface area (Å²) in [6, 6.07) is 0.577. The van der Waals surface area contributed by atoms with Gasteiger partial charge in [-0.15, -0.1) is 0 Å². The minimum Gasteiger partial charge on any atom is -0.392 e. The Hall–Kier alpha value is -0.763. The Morgan fingerprint density at radius 3 is 2.00 bits per heavy atom. The molecule has 0 N–H and O–H groups in total. The van der Waals surface area contributed by atoms with Gasteiger partial charge in [-0.2, -0.15) is 0 Å². The van der Waals surface area contributed by atoms with Crippen LogP contribution in [0.2, 0.25) is 6.04 Å². The van der Waals surface area contributed by atoms with Gasteiger partial charge in [0.05, 0.1) is 0 Å². The first-order valence-electron chi connectivity index (χ1n) is 4.99. The topological polar surface area (TPSA) is 71.1 Å². The molecule has 6 nitrogen and oxygen atoms in total. The predicted octanol–water partition coefficient (Wildman–Crippen LogP) is 0.344. The van der Waals surface area contributed by atoms with Crippen LogP contribution in [0.5, 0.6) is 0 Å². The molecule has 0 unspecified atom stereocenters. The Morgan fingerprint density at radius 2 is 1.62 bits per heavy atom. The fourth-order valence-electron chi connectivity index (χ4n) is 1.59. The molecule has 0 atom stereocenters. The molecule has 0 aliphatic carbocycles. The predicted molar refractivity (Wildman–Crippen MR) is 55.4 cm³/mol. The first kappa shape index (κ1) is 13.3. The van der Waals surface area contributed by atoms with E-state index in [0.29, 0.717) is 18.9 Å². The molecule has 1 rings (SSSR count). The molecular weight excluding hydrogens is 232 g/mol. The lowest BCUT2D eigenvalue weighted by molar-refractivity contribution is -0.184. The lowest BCUT2D eigenvalue weighted by atomic mass is 10.0. The molecule has 1 saturated heterocycles. The number of carbonyl (C=O) groups is 2. The van der Waals surface area contributed by atoms with Gasteiger partial charge in [0.25, 0.3) is 0 Å². The SMILES string of the molecule is CO[Si](CCCC1C(=O)OC1=O)(OC)OC. The van der Waals surface area contributed by atoms with Crippen molar-refractivity contribution in [3.8, 4) is 0 Å². The first-order valence-corrected chi connectivity index (χ1v) is 6.92. The Balaban J connectivity index is 2.33. The monoisotopic (exact) mass is 248 g/mol. The number of esters is 2. The second kappa shape index (κ2) is 5.53. The zero-order valence-corrected chi connectivity index (χ0v) is 10.6. The third-order valence-electron chi connectivity index (χ3n) is 2.68. The molecule has 1 aliphatic heterocycles. The lowest BCUT2D eigenvalue weighted by Crippen LogP contribution is -2.44. The smallest absolute Gasteiger partial charge is 0.392 e. The molecule has 0 bridgehead atoms. The van der Waals surface area contributed by atoms with Crippen LogP contribution in [-0.2, 0) is 27.6 Å². The summed E-state index contributed by atoms with van der Waals surface area (Å²) in [5.41, 5.74) is 0. The van der Waals surface area contributed by atoms with Gasteiger partial charge in [-0.05, 0) is 12.8 Å². The standard InChI is InChI=1S/C9H16O6Si/c1-12-16(13-2,14-3)6-4-5-7-8(10)15-9(7)11/h7H,4-6H2,1-3H3. The summed E-state index contributed by atoms with van der Waals surface area (Å²) < 4.78 is 19.9. The van der Waals surface area contributed by atoms with Crippen molar-refractivity contribution in [2.24, 2.45) is 5.92 Å². The molecule has 1 aliphatic rings. The largest absolute Gasteiger partial charge is 0.500 e. The number of hydrogen-bond donors (Lipinski definition) is 0. The summed E-state index contributed by atoms with van der Waals surface area (Å²) in [6.07, 6.45) is 1.09. The summed E-state index contributed by atoms with van der Waals surface area (Å²) in [5.74, 6) is -1.48. The second-order valence-electron chi connectivity index (χ2n) is 3.48. The Bertz CT molecular complexity index is 253. The summed E-state index contributed by atoms with van der Waals surface area (Å²) in [7, 11) is 2.01. The second-order valence-corrected chi connectivity index (χ2v) is 6.57. The van der Waals surface area contributed by atoms with Crippen molar-refractivity contribution in [2.45, 2.75) is 18.9 Å². The minimum absolute atomic E-state index is 0.440. The van der Waals surface area contributed by atoms with E-state index in [9.17, 15) is 9.59 Å². The molecule has 0 aromatic heterocycles. The van der Waals surface area contributed by atoms with E-state index in [2.05, 4.69) is 4.74 Å². The van der Waals surface area contributed by atoms with E-state index in [1.54, 1.807) is 0 Å². The highest BCUT2D eigenvalue weighted by Gasteiger charge is 2.43. The molecule has 0 saturated carbocycles. The molecule has 7 heteroatoms. The van der Waals surface area contributed by atoms with E-state index >= 15 is 0 Å². The average molecular weight is 248 g/mol. The Morgan fingerprint density at radius 1 is 1.12 bits per heavy atom. The zero-order valence-electron chi connectivity index (χ0n) is 9.65. The van der Waals surface area contributed by atoms with E-state index in [0.717, 1.165) is 0 Å². The number of hydrogen-bond acceptors (Lipinski definition) is 6. The van der Waals surface area contributed by atoms with Gasteiger partial charge in [-0.1, -0.05) is 0 Å². The maximum absolute atomic E-state index is 10.9. The van der Waals surface area contributed by atoms with Crippen LogP contribution in [0.15, 0.2) is 0 Å². The van der Waals surface area contributed by atoms with Crippen LogP contribution in [0.1, 0.15) is 12.8 Å². The summed E-state index contributed by atoms with van der Waals surface area (Å²) >= 11 is 0. The number of rotatable bonds is 7. The van der Waals surface area contributed by atoms with Gasteiger partial charge in [0, 0.05) is 27.4 Å². The Labute approximate surface area is 95.2 Å². The molecule has 1 fully saturated rings. The molecule has 0 amide bonds. The molecule has 0 radical (unpaired) electrons. The normalized spacial score (nSPS) is 17.2. The van der Waals surface area contributed by atoms with Gasteiger partial charge in [-0.25, -0.2) is 0 Å². The van der Waals surface area contributed by atoms with Crippen LogP contribution in [0.25, 0.3) is 0 Å². The Kier molecular flexibility index (Phi) is 4.60. The molecule has 16 heavy (non-hydrogen) atoms. The van der Waals surface area contributed by atoms with Crippen molar-refractivity contribution in [1.29, 1.82) is 0 Å². The fourth-order valence-corrected chi connectivity index (χ4v) is 3.34. The van der Waals surface area contributed by atoms with Crippen LogP contribution in [0.3, 0.4) is 0 Å². The average Bonchev–Trinajstić information content (AvgIpc) is 2.30. The minimum atomic E-state index is -2.58. The van der Waals surface area contributed by atoms with Crippen molar-refractivity contribution >= 4 is 20.7 Å². The van der Waals surface area contributed by atoms with E-state index in [-0.39, 0.29) is 0 Å². The molecule has 1 heterocycles.